The van der Waals surface area contributed by atoms with Gasteiger partial charge in [0.05, 0.1) is 12.2 Å². The molecule has 0 bridgehead atoms. The second kappa shape index (κ2) is 12.2. The summed E-state index contributed by atoms with van der Waals surface area (Å²) < 4.78 is 11.8. The first-order valence-electron chi connectivity index (χ1n) is 10.2. The maximum absolute atomic E-state index is 11.9. The zero-order chi connectivity index (χ0) is 19.9. The summed E-state index contributed by atoms with van der Waals surface area (Å²) in [5, 5.41) is 6.79. The van der Waals surface area contributed by atoms with Crippen molar-refractivity contribution in [3.05, 3.63) is 0 Å². The molecule has 0 spiro atoms. The molecule has 0 aromatic heterocycles. The standard InChI is InChI=1S/C20H38N4O3.HI/c1-20(2,3)18-15(8-6-11-27-18)12-21-19(23-14-17(25)24(4)5)22-13-16-9-7-10-26-16;/h15-16,18H,6-14H2,1-5H3,(H2,21,22,23);1H. The zero-order valence-corrected chi connectivity index (χ0v) is 20.5. The molecule has 3 unspecified atom stereocenters. The van der Waals surface area contributed by atoms with Crippen molar-refractivity contribution < 1.29 is 14.3 Å². The van der Waals surface area contributed by atoms with Gasteiger partial charge in [0, 0.05) is 46.3 Å². The maximum Gasteiger partial charge on any atom is 0.243 e. The monoisotopic (exact) mass is 510 g/mol. The van der Waals surface area contributed by atoms with E-state index in [-0.39, 0.29) is 54.1 Å². The molecule has 0 aromatic carbocycles. The number of ether oxygens (including phenoxy) is 2. The van der Waals surface area contributed by atoms with E-state index >= 15 is 0 Å². The fourth-order valence-corrected chi connectivity index (χ4v) is 3.72. The number of carbonyl (C=O) groups excluding carboxylic acids is 1. The predicted molar refractivity (Wildman–Crippen MR) is 123 cm³/mol. The van der Waals surface area contributed by atoms with Crippen LogP contribution in [0.1, 0.15) is 46.5 Å². The normalized spacial score (nSPS) is 25.8. The number of halogens is 1. The van der Waals surface area contributed by atoms with E-state index in [1.807, 2.05) is 0 Å². The van der Waals surface area contributed by atoms with Crippen LogP contribution in [-0.2, 0) is 14.3 Å². The lowest BCUT2D eigenvalue weighted by atomic mass is 9.78. The van der Waals surface area contributed by atoms with Crippen LogP contribution in [0.2, 0.25) is 0 Å². The highest BCUT2D eigenvalue weighted by atomic mass is 127. The van der Waals surface area contributed by atoms with Crippen LogP contribution in [0.3, 0.4) is 0 Å². The van der Waals surface area contributed by atoms with Crippen LogP contribution in [0.5, 0.6) is 0 Å². The van der Waals surface area contributed by atoms with Gasteiger partial charge in [0.2, 0.25) is 5.91 Å². The van der Waals surface area contributed by atoms with Crippen LogP contribution in [0, 0.1) is 11.3 Å². The van der Waals surface area contributed by atoms with Crippen molar-refractivity contribution in [1.82, 2.24) is 15.5 Å². The molecule has 0 radical (unpaired) electrons. The Bertz CT molecular complexity index is 502. The molecule has 2 aliphatic rings. The Morgan fingerprint density at radius 1 is 1.07 bits per heavy atom. The van der Waals surface area contributed by atoms with Gasteiger partial charge in [-0.05, 0) is 31.1 Å². The summed E-state index contributed by atoms with van der Waals surface area (Å²) in [7, 11) is 3.50. The van der Waals surface area contributed by atoms with Crippen LogP contribution in [0.15, 0.2) is 4.99 Å². The fraction of sp³-hybridized carbons (Fsp3) is 0.900. The molecule has 1 amide bonds. The molecule has 2 saturated heterocycles. The Kier molecular flexibility index (Phi) is 11.1. The van der Waals surface area contributed by atoms with E-state index in [9.17, 15) is 4.79 Å². The van der Waals surface area contributed by atoms with Gasteiger partial charge in [-0.25, -0.2) is 4.99 Å². The minimum Gasteiger partial charge on any atom is -0.377 e. The van der Waals surface area contributed by atoms with Gasteiger partial charge in [-0.1, -0.05) is 20.8 Å². The molecule has 0 aromatic rings. The fourth-order valence-electron chi connectivity index (χ4n) is 3.72. The SMILES string of the molecule is CN(C)C(=O)CN=C(NCC1CCCO1)NCC1CCCOC1C(C)(C)C.I. The van der Waals surface area contributed by atoms with E-state index in [0.717, 1.165) is 45.4 Å². The van der Waals surface area contributed by atoms with E-state index in [1.165, 1.54) is 0 Å². The van der Waals surface area contributed by atoms with Crippen molar-refractivity contribution in [2.24, 2.45) is 16.3 Å². The van der Waals surface area contributed by atoms with Crippen molar-refractivity contribution in [1.29, 1.82) is 0 Å². The predicted octanol–water partition coefficient (Wildman–Crippen LogP) is 2.25. The van der Waals surface area contributed by atoms with E-state index < -0.39 is 0 Å². The number of amides is 1. The van der Waals surface area contributed by atoms with Gasteiger partial charge in [0.15, 0.2) is 5.96 Å². The molecule has 0 aliphatic carbocycles. The number of hydrogen-bond donors (Lipinski definition) is 2. The Morgan fingerprint density at radius 3 is 2.32 bits per heavy atom. The molecule has 2 N–H and O–H groups in total. The molecular formula is C20H39IN4O3. The highest BCUT2D eigenvalue weighted by molar-refractivity contribution is 14.0. The topological polar surface area (TPSA) is 75.2 Å². The smallest absolute Gasteiger partial charge is 0.243 e. The number of hydrogen-bond acceptors (Lipinski definition) is 4. The number of guanidine groups is 1. The molecule has 28 heavy (non-hydrogen) atoms. The minimum atomic E-state index is -0.0122. The van der Waals surface area contributed by atoms with E-state index in [0.29, 0.717) is 18.4 Å². The molecule has 7 nitrogen and oxygen atoms in total. The number of nitrogens with zero attached hydrogens (tertiary/aromatic N) is 2. The largest absolute Gasteiger partial charge is 0.377 e. The summed E-state index contributed by atoms with van der Waals surface area (Å²) in [6.45, 7) is 10.0. The third-order valence-corrected chi connectivity index (χ3v) is 5.22. The van der Waals surface area contributed by atoms with Gasteiger partial charge in [0.1, 0.15) is 6.54 Å². The quantitative estimate of drug-likeness (QED) is 0.326. The van der Waals surface area contributed by atoms with E-state index in [4.69, 9.17) is 9.47 Å². The van der Waals surface area contributed by atoms with Crippen molar-refractivity contribution >= 4 is 35.8 Å². The lowest BCUT2D eigenvalue weighted by Crippen LogP contribution is -2.48. The lowest BCUT2D eigenvalue weighted by molar-refractivity contribution is -0.127. The average molecular weight is 510 g/mol. The Hall–Kier alpha value is -0.610. The molecule has 2 heterocycles. The molecule has 3 atom stereocenters. The summed E-state index contributed by atoms with van der Waals surface area (Å²) in [4.78, 5) is 18.0. The number of aliphatic imine (C=N–C) groups is 1. The van der Waals surface area contributed by atoms with Crippen molar-refractivity contribution in [3.8, 4) is 0 Å². The molecular weight excluding hydrogens is 471 g/mol. The number of rotatable bonds is 6. The first-order chi connectivity index (χ1) is 12.8. The van der Waals surface area contributed by atoms with Gasteiger partial charge in [0.25, 0.3) is 0 Å². The van der Waals surface area contributed by atoms with Gasteiger partial charge in [-0.2, -0.15) is 0 Å². The van der Waals surface area contributed by atoms with Gasteiger partial charge >= 0.3 is 0 Å². The summed E-state index contributed by atoms with van der Waals surface area (Å²) in [5.41, 5.74) is 0.107. The van der Waals surface area contributed by atoms with Crippen LogP contribution < -0.4 is 10.6 Å². The number of nitrogens with one attached hydrogen (secondary N) is 2. The second-order valence-corrected chi connectivity index (χ2v) is 8.91. The molecule has 8 heteroatoms. The molecule has 2 aliphatic heterocycles. The highest BCUT2D eigenvalue weighted by Crippen LogP contribution is 2.33. The lowest BCUT2D eigenvalue weighted by Gasteiger charge is -2.40. The molecule has 164 valence electrons. The van der Waals surface area contributed by atoms with Crippen LogP contribution in [0.4, 0.5) is 0 Å². The van der Waals surface area contributed by atoms with Crippen LogP contribution in [0.25, 0.3) is 0 Å². The first kappa shape index (κ1) is 25.4. The van der Waals surface area contributed by atoms with Crippen molar-refractivity contribution in [3.63, 3.8) is 0 Å². The Morgan fingerprint density at radius 2 is 1.71 bits per heavy atom. The van der Waals surface area contributed by atoms with Crippen LogP contribution >= 0.6 is 24.0 Å². The zero-order valence-electron chi connectivity index (χ0n) is 18.1. The van der Waals surface area contributed by atoms with Crippen molar-refractivity contribution in [2.45, 2.75) is 58.7 Å². The molecule has 0 saturated carbocycles. The summed E-state index contributed by atoms with van der Waals surface area (Å²) >= 11 is 0. The van der Waals surface area contributed by atoms with Gasteiger partial charge < -0.3 is 25.0 Å². The number of carbonyl (C=O) groups is 1. The molecule has 2 fully saturated rings. The van der Waals surface area contributed by atoms with Crippen LogP contribution in [-0.4, -0.2) is 75.9 Å². The minimum absolute atomic E-state index is 0. The third-order valence-electron chi connectivity index (χ3n) is 5.22. The number of likely N-dealkylation sites (N-methyl/N-ethyl adjacent to an activating group) is 1. The average Bonchev–Trinajstić information content (AvgIpc) is 3.13. The summed E-state index contributed by atoms with van der Waals surface area (Å²) in [6.07, 6.45) is 4.86. The molecule has 2 rings (SSSR count). The summed E-state index contributed by atoms with van der Waals surface area (Å²) in [5.74, 6) is 1.10. The third kappa shape index (κ3) is 8.41. The summed E-state index contributed by atoms with van der Waals surface area (Å²) in [6, 6.07) is 0. The van der Waals surface area contributed by atoms with E-state index in [2.05, 4.69) is 36.4 Å². The maximum atomic E-state index is 11.9. The van der Waals surface area contributed by atoms with Gasteiger partial charge in [-0.15, -0.1) is 24.0 Å². The first-order valence-corrected chi connectivity index (χ1v) is 10.2. The second-order valence-electron chi connectivity index (χ2n) is 8.91. The Balaban J connectivity index is 0.00000392. The van der Waals surface area contributed by atoms with Gasteiger partial charge in [-0.3, -0.25) is 4.79 Å². The Labute approximate surface area is 187 Å². The highest BCUT2D eigenvalue weighted by Gasteiger charge is 2.35. The van der Waals surface area contributed by atoms with Crippen molar-refractivity contribution in [2.75, 3.05) is 46.9 Å². The van der Waals surface area contributed by atoms with E-state index in [1.54, 1.807) is 19.0 Å².